The van der Waals surface area contributed by atoms with E-state index in [4.69, 9.17) is 23.2 Å². The molecule has 0 saturated carbocycles. The van der Waals surface area contributed by atoms with Crippen molar-refractivity contribution in [3.05, 3.63) is 50.1 Å². The smallest absolute Gasteiger partial charge is 0.326 e. The number of benzene rings is 1. The van der Waals surface area contributed by atoms with Crippen LogP contribution in [0.15, 0.2) is 29.6 Å². The van der Waals surface area contributed by atoms with Crippen molar-refractivity contribution >= 4 is 52.1 Å². The Kier molecular flexibility index (Phi) is 4.99. The summed E-state index contributed by atoms with van der Waals surface area (Å²) in [5.41, 5.74) is 1.20. The molecule has 2 atom stereocenters. The molecule has 0 radical (unpaired) electrons. The number of carboxylic acid groups (broad SMARTS) is 1. The first-order chi connectivity index (χ1) is 11.4. The van der Waals surface area contributed by atoms with E-state index < -0.39 is 18.1 Å². The van der Waals surface area contributed by atoms with E-state index in [1.165, 1.54) is 11.3 Å². The van der Waals surface area contributed by atoms with Gasteiger partial charge in [0.1, 0.15) is 6.04 Å². The number of carbonyl (C=O) groups excluding carboxylic acids is 1. The van der Waals surface area contributed by atoms with Gasteiger partial charge in [-0.15, -0.1) is 11.3 Å². The van der Waals surface area contributed by atoms with Crippen molar-refractivity contribution in [2.45, 2.75) is 24.9 Å². The SMILES string of the molecule is O=C(Cc1cccs1)NC1CC(C(=O)O)Nc2cc(Cl)cc(Cl)c21. The molecule has 0 spiro atoms. The van der Waals surface area contributed by atoms with Crippen LogP contribution in [0.25, 0.3) is 0 Å². The molecule has 1 aliphatic heterocycles. The second kappa shape index (κ2) is 7.01. The lowest BCUT2D eigenvalue weighted by atomic mass is 9.92. The maximum absolute atomic E-state index is 12.3. The van der Waals surface area contributed by atoms with Crippen molar-refractivity contribution in [3.8, 4) is 0 Å². The molecule has 0 saturated heterocycles. The van der Waals surface area contributed by atoms with Gasteiger partial charge in [-0.1, -0.05) is 29.3 Å². The van der Waals surface area contributed by atoms with Gasteiger partial charge in [-0.25, -0.2) is 4.79 Å². The van der Waals surface area contributed by atoms with Gasteiger partial charge in [-0.05, 0) is 23.6 Å². The third-order valence-electron chi connectivity index (χ3n) is 3.79. The number of carboxylic acids is 1. The number of thiophene rings is 1. The Morgan fingerprint density at radius 3 is 2.83 bits per heavy atom. The van der Waals surface area contributed by atoms with Crippen LogP contribution in [-0.2, 0) is 16.0 Å². The Morgan fingerprint density at radius 2 is 2.17 bits per heavy atom. The summed E-state index contributed by atoms with van der Waals surface area (Å²) in [5.74, 6) is -1.17. The topological polar surface area (TPSA) is 78.4 Å². The van der Waals surface area contributed by atoms with Gasteiger partial charge in [-0.2, -0.15) is 0 Å². The fourth-order valence-corrected chi connectivity index (χ4v) is 4.10. The predicted molar refractivity (Wildman–Crippen MR) is 95.0 cm³/mol. The van der Waals surface area contributed by atoms with Crippen LogP contribution in [0.5, 0.6) is 0 Å². The molecule has 0 aliphatic carbocycles. The van der Waals surface area contributed by atoms with E-state index in [2.05, 4.69) is 10.6 Å². The second-order valence-corrected chi connectivity index (χ2v) is 7.37. The first-order valence-electron chi connectivity index (χ1n) is 7.24. The Hall–Kier alpha value is -1.76. The van der Waals surface area contributed by atoms with Crippen LogP contribution in [-0.4, -0.2) is 23.0 Å². The summed E-state index contributed by atoms with van der Waals surface area (Å²) in [7, 11) is 0. The Morgan fingerprint density at radius 1 is 1.38 bits per heavy atom. The third kappa shape index (κ3) is 3.66. The van der Waals surface area contributed by atoms with E-state index >= 15 is 0 Å². The number of amides is 1. The van der Waals surface area contributed by atoms with Gasteiger partial charge in [0.2, 0.25) is 5.91 Å². The van der Waals surface area contributed by atoms with Crippen molar-refractivity contribution < 1.29 is 14.7 Å². The molecular formula is C16H14Cl2N2O3S. The van der Waals surface area contributed by atoms with Crippen LogP contribution in [0.2, 0.25) is 10.0 Å². The molecule has 1 amide bonds. The highest BCUT2D eigenvalue weighted by Gasteiger charge is 2.33. The van der Waals surface area contributed by atoms with Gasteiger partial charge in [0.15, 0.2) is 0 Å². The van der Waals surface area contributed by atoms with E-state index in [0.717, 1.165) is 4.88 Å². The van der Waals surface area contributed by atoms with Gasteiger partial charge >= 0.3 is 5.97 Å². The highest BCUT2D eigenvalue weighted by Crippen LogP contribution is 2.39. The molecule has 0 fully saturated rings. The maximum atomic E-state index is 12.3. The molecule has 3 rings (SSSR count). The molecule has 126 valence electrons. The van der Waals surface area contributed by atoms with Crippen molar-refractivity contribution in [3.63, 3.8) is 0 Å². The van der Waals surface area contributed by atoms with Crippen molar-refractivity contribution in [1.82, 2.24) is 5.32 Å². The van der Waals surface area contributed by atoms with Crippen LogP contribution in [0, 0.1) is 0 Å². The lowest BCUT2D eigenvalue weighted by molar-refractivity contribution is -0.138. The first-order valence-corrected chi connectivity index (χ1v) is 8.87. The summed E-state index contributed by atoms with van der Waals surface area (Å²) in [4.78, 5) is 24.6. The zero-order valence-corrected chi connectivity index (χ0v) is 14.7. The summed E-state index contributed by atoms with van der Waals surface area (Å²) in [5, 5.41) is 17.8. The Balaban J connectivity index is 1.86. The van der Waals surface area contributed by atoms with E-state index in [1.54, 1.807) is 12.1 Å². The Bertz CT molecular complexity index is 780. The highest BCUT2D eigenvalue weighted by molar-refractivity contribution is 7.10. The largest absolute Gasteiger partial charge is 0.480 e. The number of hydrogen-bond acceptors (Lipinski definition) is 4. The lowest BCUT2D eigenvalue weighted by Gasteiger charge is -2.32. The van der Waals surface area contributed by atoms with Crippen LogP contribution in [0.1, 0.15) is 22.9 Å². The second-order valence-electron chi connectivity index (χ2n) is 5.50. The van der Waals surface area contributed by atoms with E-state index in [-0.39, 0.29) is 18.7 Å². The van der Waals surface area contributed by atoms with Gasteiger partial charge in [0, 0.05) is 32.6 Å². The highest BCUT2D eigenvalue weighted by atomic mass is 35.5. The number of halogens is 2. The number of nitrogens with one attached hydrogen (secondary N) is 2. The minimum absolute atomic E-state index is 0.176. The van der Waals surface area contributed by atoms with Gasteiger partial charge in [0.25, 0.3) is 0 Å². The number of hydrogen-bond donors (Lipinski definition) is 3. The van der Waals surface area contributed by atoms with Gasteiger partial charge < -0.3 is 15.7 Å². The number of anilines is 1. The van der Waals surface area contributed by atoms with Crippen LogP contribution in [0.4, 0.5) is 5.69 Å². The fourth-order valence-electron chi connectivity index (χ4n) is 2.77. The van der Waals surface area contributed by atoms with E-state index in [0.29, 0.717) is 21.3 Å². The number of aliphatic carboxylic acids is 1. The number of rotatable bonds is 4. The lowest BCUT2D eigenvalue weighted by Crippen LogP contribution is -2.41. The summed E-state index contributed by atoms with van der Waals surface area (Å²) in [6.07, 6.45) is 0.458. The van der Waals surface area contributed by atoms with Crippen molar-refractivity contribution in [1.29, 1.82) is 0 Å². The zero-order valence-electron chi connectivity index (χ0n) is 12.4. The van der Waals surface area contributed by atoms with Crippen LogP contribution < -0.4 is 10.6 Å². The number of carbonyl (C=O) groups is 2. The molecule has 5 nitrogen and oxygen atoms in total. The van der Waals surface area contributed by atoms with E-state index in [9.17, 15) is 14.7 Å². The van der Waals surface area contributed by atoms with Crippen molar-refractivity contribution in [2.75, 3.05) is 5.32 Å². The molecule has 2 heterocycles. The van der Waals surface area contributed by atoms with Crippen molar-refractivity contribution in [2.24, 2.45) is 0 Å². The monoisotopic (exact) mass is 384 g/mol. The average Bonchev–Trinajstić information content (AvgIpc) is 2.98. The average molecular weight is 385 g/mol. The summed E-state index contributed by atoms with van der Waals surface area (Å²) in [6.45, 7) is 0. The molecular weight excluding hydrogens is 371 g/mol. The zero-order chi connectivity index (χ0) is 17.3. The van der Waals surface area contributed by atoms with Gasteiger partial charge in [0.05, 0.1) is 12.5 Å². The molecule has 1 aromatic carbocycles. The summed E-state index contributed by atoms with van der Waals surface area (Å²) < 4.78 is 0. The normalized spacial score (nSPS) is 19.2. The molecule has 1 aromatic heterocycles. The molecule has 24 heavy (non-hydrogen) atoms. The molecule has 2 unspecified atom stereocenters. The predicted octanol–water partition coefficient (Wildman–Crippen LogP) is 3.72. The molecule has 2 aromatic rings. The quantitative estimate of drug-likeness (QED) is 0.750. The fraction of sp³-hybridized carbons (Fsp3) is 0.250. The van der Waals surface area contributed by atoms with Crippen LogP contribution >= 0.6 is 34.5 Å². The summed E-state index contributed by atoms with van der Waals surface area (Å²) in [6, 6.07) is 5.66. The first kappa shape index (κ1) is 17.1. The number of fused-ring (bicyclic) bond motifs is 1. The Labute approximate surface area is 152 Å². The molecule has 0 bridgehead atoms. The minimum Gasteiger partial charge on any atom is -0.480 e. The molecule has 1 aliphatic rings. The summed E-state index contributed by atoms with van der Waals surface area (Å²) >= 11 is 13.8. The third-order valence-corrected chi connectivity index (χ3v) is 5.20. The standard InChI is InChI=1S/C16H14Cl2N2O3S/c17-8-4-10(18)15-11(5-8)19-13(16(22)23)7-12(15)20-14(21)6-9-2-1-3-24-9/h1-5,12-13,19H,6-7H2,(H,20,21)(H,22,23). The minimum atomic E-state index is -0.991. The van der Waals surface area contributed by atoms with E-state index in [1.807, 2.05) is 17.5 Å². The van der Waals surface area contributed by atoms with Gasteiger partial charge in [-0.3, -0.25) is 4.79 Å². The molecule has 8 heteroatoms. The van der Waals surface area contributed by atoms with Crippen LogP contribution in [0.3, 0.4) is 0 Å². The molecule has 3 N–H and O–H groups in total. The maximum Gasteiger partial charge on any atom is 0.326 e.